The van der Waals surface area contributed by atoms with Gasteiger partial charge in [-0.25, -0.2) is 0 Å². The molecule has 3 nitrogen and oxygen atoms in total. The summed E-state index contributed by atoms with van der Waals surface area (Å²) in [5.41, 5.74) is 2.00. The summed E-state index contributed by atoms with van der Waals surface area (Å²) in [5, 5.41) is 0. The molecule has 0 atom stereocenters. The van der Waals surface area contributed by atoms with Crippen molar-refractivity contribution in [2.24, 2.45) is 0 Å². The molecule has 1 aliphatic rings. The minimum absolute atomic E-state index is 0.0394. The van der Waals surface area contributed by atoms with E-state index in [4.69, 9.17) is 0 Å². The first-order valence-electron chi connectivity index (χ1n) is 6.73. The molecule has 0 N–H and O–H groups in total. The third-order valence-corrected chi connectivity index (χ3v) is 3.43. The van der Waals surface area contributed by atoms with E-state index in [9.17, 15) is 9.59 Å². The Bertz CT molecular complexity index is 632. The molecule has 3 rings (SSSR count). The van der Waals surface area contributed by atoms with Gasteiger partial charge in [-0.2, -0.15) is 0 Å². The lowest BCUT2D eigenvalue weighted by Crippen LogP contribution is -2.33. The molecule has 0 spiro atoms. The summed E-state index contributed by atoms with van der Waals surface area (Å²) >= 11 is 0. The van der Waals surface area contributed by atoms with Crippen LogP contribution in [0.4, 0.5) is 5.69 Å². The van der Waals surface area contributed by atoms with Gasteiger partial charge < -0.3 is 4.90 Å². The van der Waals surface area contributed by atoms with Crippen LogP contribution in [0, 0.1) is 0 Å². The molecule has 2 aromatic carbocycles. The summed E-state index contributed by atoms with van der Waals surface area (Å²) < 4.78 is 0. The number of carbonyl (C=O) groups excluding carboxylic acids is 2. The summed E-state index contributed by atoms with van der Waals surface area (Å²) in [5.74, 6) is -0.0394. The zero-order valence-corrected chi connectivity index (χ0v) is 11.0. The van der Waals surface area contributed by atoms with Crippen LogP contribution in [0.2, 0.25) is 0 Å². The fourth-order valence-corrected chi connectivity index (χ4v) is 2.30. The van der Waals surface area contributed by atoms with Gasteiger partial charge in [-0.05, 0) is 37.1 Å². The molecule has 0 saturated heterocycles. The molecule has 0 unspecified atom stereocenters. The Hall–Kier alpha value is -2.42. The highest BCUT2D eigenvalue weighted by Crippen LogP contribution is 2.32. The van der Waals surface area contributed by atoms with Gasteiger partial charge in [-0.15, -0.1) is 0 Å². The zero-order valence-electron chi connectivity index (χ0n) is 11.0. The molecule has 100 valence electrons. The SMILES string of the molecule is O=Cc1cccc(C(=O)N(c2ccccc2)C2CC2)c1. The summed E-state index contributed by atoms with van der Waals surface area (Å²) in [6.07, 6.45) is 2.84. The predicted octanol–water partition coefficient (Wildman–Crippen LogP) is 3.31. The van der Waals surface area contributed by atoms with Crippen LogP contribution in [0.15, 0.2) is 54.6 Å². The van der Waals surface area contributed by atoms with Crippen LogP contribution in [0.1, 0.15) is 33.6 Å². The van der Waals surface area contributed by atoms with Gasteiger partial charge in [0.2, 0.25) is 0 Å². The summed E-state index contributed by atoms with van der Waals surface area (Å²) in [4.78, 5) is 25.4. The fraction of sp³-hybridized carbons (Fsp3) is 0.176. The normalized spacial score (nSPS) is 13.8. The molecule has 1 saturated carbocycles. The monoisotopic (exact) mass is 265 g/mol. The average molecular weight is 265 g/mol. The maximum absolute atomic E-state index is 12.7. The van der Waals surface area contributed by atoms with Crippen molar-refractivity contribution in [3.63, 3.8) is 0 Å². The van der Waals surface area contributed by atoms with Crippen molar-refractivity contribution in [3.8, 4) is 0 Å². The van der Waals surface area contributed by atoms with Crippen molar-refractivity contribution < 1.29 is 9.59 Å². The van der Waals surface area contributed by atoms with Crippen molar-refractivity contribution in [1.82, 2.24) is 0 Å². The van der Waals surface area contributed by atoms with E-state index >= 15 is 0 Å². The second-order valence-corrected chi connectivity index (χ2v) is 4.99. The lowest BCUT2D eigenvalue weighted by molar-refractivity contribution is 0.0985. The molecule has 0 radical (unpaired) electrons. The number of nitrogens with zero attached hydrogens (tertiary/aromatic N) is 1. The van der Waals surface area contributed by atoms with Crippen LogP contribution in [0.5, 0.6) is 0 Å². The van der Waals surface area contributed by atoms with Crippen LogP contribution in [-0.2, 0) is 0 Å². The molecule has 20 heavy (non-hydrogen) atoms. The van der Waals surface area contributed by atoms with E-state index in [0.29, 0.717) is 11.1 Å². The van der Waals surface area contributed by atoms with Gasteiger partial charge >= 0.3 is 0 Å². The molecule has 0 bridgehead atoms. The Labute approximate surface area is 117 Å². The average Bonchev–Trinajstić information content (AvgIpc) is 3.33. The van der Waals surface area contributed by atoms with Crippen molar-refractivity contribution in [3.05, 3.63) is 65.7 Å². The van der Waals surface area contributed by atoms with E-state index < -0.39 is 0 Å². The van der Waals surface area contributed by atoms with Crippen molar-refractivity contribution in [1.29, 1.82) is 0 Å². The summed E-state index contributed by atoms with van der Waals surface area (Å²) in [7, 11) is 0. The molecule has 0 heterocycles. The first-order valence-corrected chi connectivity index (χ1v) is 6.73. The maximum Gasteiger partial charge on any atom is 0.258 e. The van der Waals surface area contributed by atoms with E-state index in [0.717, 1.165) is 24.8 Å². The highest BCUT2D eigenvalue weighted by Gasteiger charge is 2.34. The minimum Gasteiger partial charge on any atom is -0.305 e. The van der Waals surface area contributed by atoms with Gasteiger partial charge in [-0.3, -0.25) is 9.59 Å². The number of rotatable bonds is 4. The number of benzene rings is 2. The molecular formula is C17H15NO2. The fourth-order valence-electron chi connectivity index (χ4n) is 2.30. The number of aldehydes is 1. The van der Waals surface area contributed by atoms with Crippen molar-refractivity contribution in [2.75, 3.05) is 4.90 Å². The first-order chi connectivity index (χ1) is 9.79. The van der Waals surface area contributed by atoms with Crippen LogP contribution >= 0.6 is 0 Å². The molecule has 3 heteroatoms. The Kier molecular flexibility index (Phi) is 3.33. The van der Waals surface area contributed by atoms with Gasteiger partial charge in [0.1, 0.15) is 6.29 Å². The van der Waals surface area contributed by atoms with E-state index in [2.05, 4.69) is 0 Å². The van der Waals surface area contributed by atoms with Crippen LogP contribution in [0.25, 0.3) is 0 Å². The van der Waals surface area contributed by atoms with E-state index in [1.807, 2.05) is 35.2 Å². The Morgan fingerprint density at radius 2 is 1.80 bits per heavy atom. The molecule has 1 fully saturated rings. The number of carbonyl (C=O) groups is 2. The molecule has 1 amide bonds. The topological polar surface area (TPSA) is 37.4 Å². The molecule has 2 aromatic rings. The number of anilines is 1. The lowest BCUT2D eigenvalue weighted by Gasteiger charge is -2.22. The van der Waals surface area contributed by atoms with E-state index in [1.165, 1.54) is 0 Å². The molecular weight excluding hydrogens is 250 g/mol. The maximum atomic E-state index is 12.7. The lowest BCUT2D eigenvalue weighted by atomic mass is 10.1. The molecule has 0 aliphatic heterocycles. The van der Waals surface area contributed by atoms with Crippen LogP contribution in [-0.4, -0.2) is 18.2 Å². The number of amides is 1. The van der Waals surface area contributed by atoms with Crippen LogP contribution < -0.4 is 4.90 Å². The van der Waals surface area contributed by atoms with E-state index in [1.54, 1.807) is 24.3 Å². The third-order valence-electron chi connectivity index (χ3n) is 3.43. The Morgan fingerprint density at radius 1 is 1.05 bits per heavy atom. The third kappa shape index (κ3) is 2.48. The largest absolute Gasteiger partial charge is 0.305 e. The smallest absolute Gasteiger partial charge is 0.258 e. The zero-order chi connectivity index (χ0) is 13.9. The summed E-state index contributed by atoms with van der Waals surface area (Å²) in [6, 6.07) is 16.8. The van der Waals surface area contributed by atoms with Crippen molar-refractivity contribution in [2.45, 2.75) is 18.9 Å². The van der Waals surface area contributed by atoms with E-state index in [-0.39, 0.29) is 11.9 Å². The first kappa shape index (κ1) is 12.6. The minimum atomic E-state index is -0.0394. The second-order valence-electron chi connectivity index (χ2n) is 4.99. The van der Waals surface area contributed by atoms with Gasteiger partial charge in [0.25, 0.3) is 5.91 Å². The summed E-state index contributed by atoms with van der Waals surface area (Å²) in [6.45, 7) is 0. The Morgan fingerprint density at radius 3 is 2.45 bits per heavy atom. The van der Waals surface area contributed by atoms with Gasteiger partial charge in [-0.1, -0.05) is 30.3 Å². The number of hydrogen-bond donors (Lipinski definition) is 0. The van der Waals surface area contributed by atoms with Gasteiger partial charge in [0, 0.05) is 22.9 Å². The highest BCUT2D eigenvalue weighted by molar-refractivity contribution is 6.07. The predicted molar refractivity (Wildman–Crippen MR) is 78.1 cm³/mol. The van der Waals surface area contributed by atoms with Crippen molar-refractivity contribution >= 4 is 17.9 Å². The standard InChI is InChI=1S/C17H15NO2/c19-12-13-5-4-6-14(11-13)17(20)18(16-9-10-16)15-7-2-1-3-8-15/h1-8,11-12,16H,9-10H2. The second kappa shape index (κ2) is 5.29. The van der Waals surface area contributed by atoms with Crippen LogP contribution in [0.3, 0.4) is 0 Å². The van der Waals surface area contributed by atoms with Gasteiger partial charge in [0.15, 0.2) is 0 Å². The van der Waals surface area contributed by atoms with Gasteiger partial charge in [0.05, 0.1) is 0 Å². The number of para-hydroxylation sites is 1. The Balaban J connectivity index is 1.95. The molecule has 1 aliphatic carbocycles. The highest BCUT2D eigenvalue weighted by atomic mass is 16.2. The number of hydrogen-bond acceptors (Lipinski definition) is 2. The quantitative estimate of drug-likeness (QED) is 0.795. The molecule has 0 aromatic heterocycles.